The molecule has 2 aliphatic heterocycles. The van der Waals surface area contributed by atoms with Crippen molar-refractivity contribution < 1.29 is 47.3 Å². The maximum Gasteiger partial charge on any atom is 0.490 e. The van der Waals surface area contributed by atoms with E-state index in [-0.39, 0.29) is 23.7 Å². The molecule has 0 unspecified atom stereocenters. The minimum absolute atomic E-state index is 0.0640. The number of aromatic amines is 1. The number of ketones is 1. The van der Waals surface area contributed by atoms with Gasteiger partial charge in [0, 0.05) is 43.3 Å². The van der Waals surface area contributed by atoms with Crippen molar-refractivity contribution in [3.8, 4) is 17.0 Å². The van der Waals surface area contributed by atoms with Gasteiger partial charge in [-0.15, -0.1) is 0 Å². The van der Waals surface area contributed by atoms with Gasteiger partial charge in [-0.1, -0.05) is 12.1 Å². The number of aromatic nitrogens is 2. The number of carbonyl (C=O) groups is 4. The van der Waals surface area contributed by atoms with Crippen molar-refractivity contribution in [1.82, 2.24) is 15.1 Å². The number of hydrogen-bond donors (Lipinski definition) is 3. The van der Waals surface area contributed by atoms with Crippen LogP contribution >= 0.6 is 0 Å². The molecule has 3 N–H and O–H groups in total. The maximum atomic E-state index is 13.1. The fraction of sp³-hybridized carbons (Fsp3) is 0.269. The summed E-state index contributed by atoms with van der Waals surface area (Å²) >= 11 is 0. The van der Waals surface area contributed by atoms with E-state index < -0.39 is 23.7 Å². The Morgan fingerprint density at radius 1 is 1.00 bits per heavy atom. The number of benzene rings is 2. The normalized spacial score (nSPS) is 16.0. The van der Waals surface area contributed by atoms with Crippen LogP contribution in [0.15, 0.2) is 54.7 Å². The van der Waals surface area contributed by atoms with Crippen LogP contribution < -0.4 is 4.74 Å². The quantitative estimate of drug-likeness (QED) is 0.446. The van der Waals surface area contributed by atoms with E-state index in [1.54, 1.807) is 23.2 Å². The summed E-state index contributed by atoms with van der Waals surface area (Å²) in [4.78, 5) is 47.7. The van der Waals surface area contributed by atoms with Crippen molar-refractivity contribution in [3.05, 3.63) is 71.4 Å². The Kier molecular flexibility index (Phi) is 7.43. The highest BCUT2D eigenvalue weighted by molar-refractivity contribution is 6.02. The maximum absolute atomic E-state index is 13.1. The minimum atomic E-state index is -5.08. The summed E-state index contributed by atoms with van der Waals surface area (Å²) in [5.41, 5.74) is 1.94. The predicted molar refractivity (Wildman–Crippen MR) is 129 cm³/mol. The van der Waals surface area contributed by atoms with E-state index in [1.807, 2.05) is 24.3 Å². The third-order valence-electron chi connectivity index (χ3n) is 6.45. The van der Waals surface area contributed by atoms with Gasteiger partial charge in [-0.3, -0.25) is 14.7 Å². The number of alkyl halides is 3. The highest BCUT2D eigenvalue weighted by Gasteiger charge is 2.44. The molecule has 0 aliphatic carbocycles. The van der Waals surface area contributed by atoms with E-state index in [4.69, 9.17) is 19.7 Å². The molecule has 1 aromatic heterocycles. The second-order valence-corrected chi connectivity index (χ2v) is 9.04. The molecule has 10 nitrogen and oxygen atoms in total. The SMILES string of the molecule is O=C(O)C(F)(F)F.O=C(O)c1ccc2c(c1)C(=O)CC1(CCN(C(=O)c3cccc(-c4cc[nH]n4)c3)CC1)O2. The number of H-pyrrole nitrogens is 1. The average molecular weight is 545 g/mol. The predicted octanol–water partition coefficient (Wildman–Crippen LogP) is 4.05. The van der Waals surface area contributed by atoms with Gasteiger partial charge >= 0.3 is 18.1 Å². The number of amides is 1. The number of aliphatic carboxylic acids is 1. The van der Waals surface area contributed by atoms with Gasteiger partial charge in [-0.2, -0.15) is 18.3 Å². The van der Waals surface area contributed by atoms with E-state index in [0.717, 1.165) is 11.3 Å². The number of hydrogen-bond acceptors (Lipinski definition) is 6. The highest BCUT2D eigenvalue weighted by atomic mass is 19.4. The minimum Gasteiger partial charge on any atom is -0.486 e. The number of nitrogens with one attached hydrogen (secondary N) is 1. The Morgan fingerprint density at radius 3 is 2.28 bits per heavy atom. The van der Waals surface area contributed by atoms with Crippen LogP contribution in [-0.2, 0) is 4.79 Å². The zero-order valence-corrected chi connectivity index (χ0v) is 20.2. The van der Waals surface area contributed by atoms with Crippen molar-refractivity contribution in [3.63, 3.8) is 0 Å². The summed E-state index contributed by atoms with van der Waals surface area (Å²) in [5.74, 6) is -3.61. The summed E-state index contributed by atoms with van der Waals surface area (Å²) in [7, 11) is 0. The first-order valence-electron chi connectivity index (χ1n) is 11.7. The first-order chi connectivity index (χ1) is 18.4. The Balaban J connectivity index is 0.000000448. The number of aromatic carboxylic acids is 1. The van der Waals surface area contributed by atoms with Crippen molar-refractivity contribution in [1.29, 1.82) is 0 Å². The number of ether oxygens (including phenoxy) is 1. The van der Waals surface area contributed by atoms with Gasteiger partial charge in [0.25, 0.3) is 5.91 Å². The van der Waals surface area contributed by atoms with E-state index >= 15 is 0 Å². The van der Waals surface area contributed by atoms with Crippen molar-refractivity contribution in [2.75, 3.05) is 13.1 Å². The number of piperidine rings is 1. The molecule has 204 valence electrons. The molecule has 3 aromatic rings. The number of nitrogens with zero attached hydrogens (tertiary/aromatic N) is 2. The van der Waals surface area contributed by atoms with Gasteiger partial charge in [0.15, 0.2) is 5.78 Å². The molecule has 1 fully saturated rings. The van der Waals surface area contributed by atoms with Crippen LogP contribution in [0.2, 0.25) is 0 Å². The highest BCUT2D eigenvalue weighted by Crippen LogP contribution is 2.40. The Morgan fingerprint density at radius 2 is 1.69 bits per heavy atom. The van der Waals surface area contributed by atoms with Crippen LogP contribution in [0.1, 0.15) is 50.3 Å². The van der Waals surface area contributed by atoms with Gasteiger partial charge < -0.3 is 19.8 Å². The van der Waals surface area contributed by atoms with Crippen molar-refractivity contribution >= 4 is 23.6 Å². The van der Waals surface area contributed by atoms with Crippen LogP contribution in [0.25, 0.3) is 11.3 Å². The van der Waals surface area contributed by atoms with Gasteiger partial charge in [-0.25, -0.2) is 9.59 Å². The first-order valence-corrected chi connectivity index (χ1v) is 11.7. The molecule has 1 spiro atoms. The average Bonchev–Trinajstić information content (AvgIpc) is 3.44. The molecule has 39 heavy (non-hydrogen) atoms. The fourth-order valence-electron chi connectivity index (χ4n) is 4.44. The van der Waals surface area contributed by atoms with Crippen LogP contribution in [0.5, 0.6) is 5.75 Å². The zero-order chi connectivity index (χ0) is 28.4. The van der Waals surface area contributed by atoms with Crippen LogP contribution in [-0.4, -0.2) is 73.8 Å². The molecular formula is C26H22F3N3O7. The monoisotopic (exact) mass is 545 g/mol. The van der Waals surface area contributed by atoms with Gasteiger partial charge in [0.05, 0.1) is 23.2 Å². The topological polar surface area (TPSA) is 150 Å². The van der Waals surface area contributed by atoms with Gasteiger partial charge in [-0.05, 0) is 36.4 Å². The molecule has 13 heteroatoms. The Hall–Kier alpha value is -4.68. The van der Waals surface area contributed by atoms with Crippen LogP contribution in [0, 0.1) is 0 Å². The molecule has 0 saturated carbocycles. The summed E-state index contributed by atoms with van der Waals surface area (Å²) < 4.78 is 37.9. The van der Waals surface area contributed by atoms with E-state index in [0.29, 0.717) is 42.8 Å². The fourth-order valence-corrected chi connectivity index (χ4v) is 4.44. The molecule has 2 aliphatic rings. The summed E-state index contributed by atoms with van der Waals surface area (Å²) in [6.07, 6.45) is -2.10. The van der Waals surface area contributed by atoms with Crippen LogP contribution in [0.3, 0.4) is 0 Å². The number of likely N-dealkylation sites (tertiary alicyclic amines) is 1. The molecular weight excluding hydrogens is 523 g/mol. The van der Waals surface area contributed by atoms with Crippen molar-refractivity contribution in [2.45, 2.75) is 31.0 Å². The molecule has 5 rings (SSSR count). The third kappa shape index (κ3) is 6.08. The molecule has 3 heterocycles. The standard InChI is InChI=1S/C24H21N3O5.C2HF3O2/c28-20-14-24(32-21-5-4-17(23(30)31)13-18(20)21)7-10-27(11-8-24)22(29)16-3-1-2-15(12-16)19-6-9-25-26-19;3-2(4,5)1(6)7/h1-6,9,12-13H,7-8,10-11,14H2,(H,25,26)(H,30,31);(H,6,7). The molecule has 1 amide bonds. The summed E-state index contributed by atoms with van der Waals surface area (Å²) in [5, 5.41) is 23.2. The van der Waals surface area contributed by atoms with E-state index in [9.17, 15) is 27.6 Å². The first kappa shape index (κ1) is 27.4. The Labute approximate surface area is 219 Å². The molecule has 0 atom stereocenters. The summed E-state index contributed by atoms with van der Waals surface area (Å²) in [6.45, 7) is 0.947. The number of carboxylic acids is 2. The smallest absolute Gasteiger partial charge is 0.486 e. The lowest BCUT2D eigenvalue weighted by atomic mass is 9.82. The number of halogens is 3. The zero-order valence-electron chi connectivity index (χ0n) is 20.2. The Bertz CT molecular complexity index is 1410. The van der Waals surface area contributed by atoms with Gasteiger partial charge in [0.2, 0.25) is 0 Å². The number of rotatable bonds is 3. The number of carboxylic acid groups (broad SMARTS) is 2. The molecule has 0 radical (unpaired) electrons. The third-order valence-corrected chi connectivity index (χ3v) is 6.45. The second kappa shape index (κ2) is 10.6. The largest absolute Gasteiger partial charge is 0.490 e. The van der Waals surface area contributed by atoms with E-state index in [2.05, 4.69) is 10.2 Å². The number of Topliss-reactive ketones (excluding diaryl/α,β-unsaturated/α-hetero) is 1. The van der Waals surface area contributed by atoms with Crippen molar-refractivity contribution in [2.24, 2.45) is 0 Å². The molecule has 2 aromatic carbocycles. The summed E-state index contributed by atoms with van der Waals surface area (Å²) in [6, 6.07) is 13.6. The number of carbonyl (C=O) groups excluding carboxylic acids is 2. The second-order valence-electron chi connectivity index (χ2n) is 9.04. The van der Waals surface area contributed by atoms with Gasteiger partial charge in [0.1, 0.15) is 11.4 Å². The number of fused-ring (bicyclic) bond motifs is 1. The van der Waals surface area contributed by atoms with Crippen LogP contribution in [0.4, 0.5) is 13.2 Å². The lowest BCUT2D eigenvalue weighted by Crippen LogP contribution is -2.52. The molecule has 0 bridgehead atoms. The molecule has 1 saturated heterocycles. The lowest BCUT2D eigenvalue weighted by molar-refractivity contribution is -0.192. The lowest BCUT2D eigenvalue weighted by Gasteiger charge is -2.44. The van der Waals surface area contributed by atoms with E-state index in [1.165, 1.54) is 12.1 Å².